The van der Waals surface area contributed by atoms with E-state index in [1.807, 2.05) is 39.0 Å². The number of carbonyl (C=O) groups excluding carboxylic acids is 1. The highest BCUT2D eigenvalue weighted by molar-refractivity contribution is 6.03. The number of carbonyl (C=O) groups is 1. The van der Waals surface area contributed by atoms with Crippen LogP contribution < -0.4 is 10.5 Å². The monoisotopic (exact) mass is 247 g/mol. The Morgan fingerprint density at radius 3 is 2.67 bits per heavy atom. The molecule has 1 atom stereocenters. The van der Waals surface area contributed by atoms with Crippen molar-refractivity contribution in [3.05, 3.63) is 29.8 Å². The van der Waals surface area contributed by atoms with Gasteiger partial charge in [-0.3, -0.25) is 4.79 Å². The zero-order valence-electron chi connectivity index (χ0n) is 11.3. The summed E-state index contributed by atoms with van der Waals surface area (Å²) >= 11 is 0. The third-order valence-corrected chi connectivity index (χ3v) is 3.38. The Bertz CT molecular complexity index is 448. The number of ketones is 1. The highest BCUT2D eigenvalue weighted by atomic mass is 16.5. The van der Waals surface area contributed by atoms with Crippen molar-refractivity contribution in [3.8, 4) is 5.75 Å². The van der Waals surface area contributed by atoms with Gasteiger partial charge >= 0.3 is 0 Å². The van der Waals surface area contributed by atoms with Gasteiger partial charge in [0.2, 0.25) is 0 Å². The molecule has 2 N–H and O–H groups in total. The summed E-state index contributed by atoms with van der Waals surface area (Å²) in [6.07, 6.45) is 2.21. The fraction of sp³-hybridized carbons (Fsp3) is 0.533. The third kappa shape index (κ3) is 2.72. The molecule has 1 saturated carbocycles. The fourth-order valence-electron chi connectivity index (χ4n) is 2.16. The van der Waals surface area contributed by atoms with Crippen LogP contribution in [0, 0.1) is 5.92 Å². The Morgan fingerprint density at radius 1 is 1.44 bits per heavy atom. The highest BCUT2D eigenvalue weighted by Gasteiger charge is 2.44. The maximum atomic E-state index is 12.4. The average molecular weight is 247 g/mol. The lowest BCUT2D eigenvalue weighted by molar-refractivity contribution is 0.0882. The molecule has 18 heavy (non-hydrogen) atoms. The van der Waals surface area contributed by atoms with Crippen molar-refractivity contribution in [3.63, 3.8) is 0 Å². The minimum Gasteiger partial charge on any atom is -0.491 e. The zero-order chi connectivity index (χ0) is 13.3. The van der Waals surface area contributed by atoms with Gasteiger partial charge in [0.25, 0.3) is 0 Å². The summed E-state index contributed by atoms with van der Waals surface area (Å²) in [6, 6.07) is 7.30. The average Bonchev–Trinajstić information content (AvgIpc) is 3.11. The van der Waals surface area contributed by atoms with Crippen LogP contribution in [0.4, 0.5) is 0 Å². The molecule has 98 valence electrons. The summed E-state index contributed by atoms with van der Waals surface area (Å²) in [4.78, 5) is 12.4. The molecule has 0 heterocycles. The van der Waals surface area contributed by atoms with Crippen molar-refractivity contribution in [1.29, 1.82) is 0 Å². The number of hydrogen-bond donors (Lipinski definition) is 1. The van der Waals surface area contributed by atoms with E-state index >= 15 is 0 Å². The topological polar surface area (TPSA) is 52.3 Å². The van der Waals surface area contributed by atoms with E-state index in [0.29, 0.717) is 11.5 Å². The van der Waals surface area contributed by atoms with Crippen molar-refractivity contribution in [2.75, 3.05) is 0 Å². The molecular formula is C15H21NO2. The van der Waals surface area contributed by atoms with Gasteiger partial charge in [0.15, 0.2) is 5.78 Å². The largest absolute Gasteiger partial charge is 0.491 e. The SMILES string of the molecule is CC(C)Oc1cccc(C(=O)C(C)(N)C2CC2)c1. The summed E-state index contributed by atoms with van der Waals surface area (Å²) in [5.41, 5.74) is 6.06. The Kier molecular flexibility index (Phi) is 3.44. The number of hydrogen-bond acceptors (Lipinski definition) is 3. The molecule has 1 fully saturated rings. The molecule has 0 aliphatic heterocycles. The van der Waals surface area contributed by atoms with E-state index in [9.17, 15) is 4.79 Å². The molecule has 0 radical (unpaired) electrons. The normalized spacial score (nSPS) is 18.5. The molecular weight excluding hydrogens is 226 g/mol. The number of ether oxygens (including phenoxy) is 1. The predicted molar refractivity (Wildman–Crippen MR) is 71.9 cm³/mol. The molecule has 1 aromatic rings. The van der Waals surface area contributed by atoms with Crippen LogP contribution in [0.3, 0.4) is 0 Å². The number of Topliss-reactive ketones (excluding diaryl/α,β-unsaturated/α-hetero) is 1. The Balaban J connectivity index is 2.19. The van der Waals surface area contributed by atoms with Crippen molar-refractivity contribution < 1.29 is 9.53 Å². The Morgan fingerprint density at radius 2 is 2.11 bits per heavy atom. The van der Waals surface area contributed by atoms with Crippen LogP contribution >= 0.6 is 0 Å². The van der Waals surface area contributed by atoms with E-state index < -0.39 is 5.54 Å². The van der Waals surface area contributed by atoms with Gasteiger partial charge in [0.1, 0.15) is 5.75 Å². The molecule has 1 aliphatic carbocycles. The molecule has 0 saturated heterocycles. The second-order valence-corrected chi connectivity index (χ2v) is 5.58. The van der Waals surface area contributed by atoms with Gasteiger partial charge in [-0.05, 0) is 51.7 Å². The minimum absolute atomic E-state index is 0.0132. The molecule has 1 unspecified atom stereocenters. The zero-order valence-corrected chi connectivity index (χ0v) is 11.3. The van der Waals surface area contributed by atoms with E-state index in [1.54, 1.807) is 6.07 Å². The van der Waals surface area contributed by atoms with Gasteiger partial charge in [0.05, 0.1) is 11.6 Å². The Hall–Kier alpha value is -1.35. The molecule has 1 aliphatic rings. The van der Waals surface area contributed by atoms with Gasteiger partial charge in [0, 0.05) is 5.56 Å². The van der Waals surface area contributed by atoms with Crippen LogP contribution in [0.25, 0.3) is 0 Å². The lowest BCUT2D eigenvalue weighted by Gasteiger charge is -2.23. The van der Waals surface area contributed by atoms with E-state index in [4.69, 9.17) is 10.5 Å². The first kappa shape index (κ1) is 13.1. The van der Waals surface area contributed by atoms with Crippen LogP contribution in [0.2, 0.25) is 0 Å². The lowest BCUT2D eigenvalue weighted by Crippen LogP contribution is -2.47. The lowest BCUT2D eigenvalue weighted by atomic mass is 9.87. The fourth-order valence-corrected chi connectivity index (χ4v) is 2.16. The summed E-state index contributed by atoms with van der Waals surface area (Å²) in [5.74, 6) is 1.07. The van der Waals surface area contributed by atoms with E-state index in [0.717, 1.165) is 18.6 Å². The first-order chi connectivity index (χ1) is 8.41. The van der Waals surface area contributed by atoms with E-state index in [-0.39, 0.29) is 11.9 Å². The third-order valence-electron chi connectivity index (χ3n) is 3.38. The number of rotatable bonds is 5. The van der Waals surface area contributed by atoms with Crippen LogP contribution in [0.15, 0.2) is 24.3 Å². The van der Waals surface area contributed by atoms with E-state index in [2.05, 4.69) is 0 Å². The van der Waals surface area contributed by atoms with Crippen LogP contribution in [-0.2, 0) is 0 Å². The molecule has 0 spiro atoms. The second kappa shape index (κ2) is 4.73. The van der Waals surface area contributed by atoms with Crippen molar-refractivity contribution in [1.82, 2.24) is 0 Å². The van der Waals surface area contributed by atoms with Gasteiger partial charge in [-0.1, -0.05) is 12.1 Å². The predicted octanol–water partition coefficient (Wildman–Crippen LogP) is 2.78. The first-order valence-electron chi connectivity index (χ1n) is 6.51. The number of nitrogens with two attached hydrogens (primary N) is 1. The number of benzene rings is 1. The van der Waals surface area contributed by atoms with Crippen LogP contribution in [0.5, 0.6) is 5.75 Å². The molecule has 2 rings (SSSR count). The summed E-state index contributed by atoms with van der Waals surface area (Å²) in [5, 5.41) is 0. The van der Waals surface area contributed by atoms with Crippen LogP contribution in [0.1, 0.15) is 44.0 Å². The van der Waals surface area contributed by atoms with Crippen LogP contribution in [-0.4, -0.2) is 17.4 Å². The van der Waals surface area contributed by atoms with E-state index in [1.165, 1.54) is 0 Å². The quantitative estimate of drug-likeness (QED) is 0.814. The molecule has 1 aromatic carbocycles. The standard InChI is InChI=1S/C15H21NO2/c1-10(2)18-13-6-4-5-11(9-13)14(17)15(3,16)12-7-8-12/h4-6,9-10,12H,7-8,16H2,1-3H3. The van der Waals surface area contributed by atoms with Crippen molar-refractivity contribution >= 4 is 5.78 Å². The first-order valence-corrected chi connectivity index (χ1v) is 6.51. The van der Waals surface area contributed by atoms with Crippen molar-refractivity contribution in [2.24, 2.45) is 11.7 Å². The Labute approximate surface area is 108 Å². The smallest absolute Gasteiger partial charge is 0.182 e. The molecule has 3 nitrogen and oxygen atoms in total. The van der Waals surface area contributed by atoms with Gasteiger partial charge in [-0.2, -0.15) is 0 Å². The maximum absolute atomic E-state index is 12.4. The van der Waals surface area contributed by atoms with Gasteiger partial charge < -0.3 is 10.5 Å². The van der Waals surface area contributed by atoms with Gasteiger partial charge in [-0.25, -0.2) is 0 Å². The second-order valence-electron chi connectivity index (χ2n) is 5.58. The minimum atomic E-state index is -0.740. The maximum Gasteiger partial charge on any atom is 0.182 e. The van der Waals surface area contributed by atoms with Crippen molar-refractivity contribution in [2.45, 2.75) is 45.3 Å². The summed E-state index contributed by atoms with van der Waals surface area (Å²) in [6.45, 7) is 5.76. The highest BCUT2D eigenvalue weighted by Crippen LogP contribution is 2.39. The molecule has 0 amide bonds. The summed E-state index contributed by atoms with van der Waals surface area (Å²) in [7, 11) is 0. The molecule has 0 bridgehead atoms. The van der Waals surface area contributed by atoms with Gasteiger partial charge in [-0.15, -0.1) is 0 Å². The molecule has 0 aromatic heterocycles. The molecule has 3 heteroatoms. The summed E-state index contributed by atoms with van der Waals surface area (Å²) < 4.78 is 5.60.